The van der Waals surface area contributed by atoms with Gasteiger partial charge in [0.25, 0.3) is 0 Å². The molecule has 280 valence electrons. The molecule has 3 aliphatic rings. The van der Waals surface area contributed by atoms with Gasteiger partial charge in [-0.25, -0.2) is 4.74 Å². The first-order valence-electron chi connectivity index (χ1n) is 19.4. The smallest absolute Gasteiger partial charge is 0.192 e. The zero-order valence-corrected chi connectivity index (χ0v) is 36.1. The molecule has 0 amide bonds. The summed E-state index contributed by atoms with van der Waals surface area (Å²) in [5.41, 5.74) is 5.35. The number of hydrogen-bond donors (Lipinski definition) is 0. The Labute approximate surface area is 308 Å². The molecule has 0 bridgehead atoms. The predicted octanol–water partition coefficient (Wildman–Crippen LogP) is 12.0. The normalized spacial score (nSPS) is 29.4. The van der Waals surface area contributed by atoms with Crippen LogP contribution in [-0.2, 0) is 15.4 Å². The standard InChI is InChI=1S/C43H71NO4Si2/c1-31(25-27-44(45)30-33-17-21-36(46-10)22-18-33)38-23-24-39-34(16-15-26-43(38,39)9)19-20-35-28-37(47-49(11,12)41(3,4)5)29-40(32(35)2)48-50(13,14)42(6,7)8/h17-22,27,31,37-40H,2,15-16,23-26,28-30H2,1,3-14H3/b34-19+,35-20-,44-27-/t31-,37-,38-,39+,40+,43-/m1/s1. The van der Waals surface area contributed by atoms with Gasteiger partial charge in [0, 0.05) is 18.4 Å². The molecule has 0 aliphatic heterocycles. The second-order valence-corrected chi connectivity index (χ2v) is 28.7. The lowest BCUT2D eigenvalue weighted by Gasteiger charge is -2.45. The Kier molecular flexibility index (Phi) is 12.7. The maximum absolute atomic E-state index is 12.9. The molecule has 0 N–H and O–H groups in total. The van der Waals surface area contributed by atoms with Crippen LogP contribution in [0.1, 0.15) is 112 Å². The zero-order chi connectivity index (χ0) is 37.3. The largest absolute Gasteiger partial charge is 0.624 e. The van der Waals surface area contributed by atoms with E-state index in [0.717, 1.165) is 40.9 Å². The van der Waals surface area contributed by atoms with Crippen molar-refractivity contribution in [3.8, 4) is 5.75 Å². The van der Waals surface area contributed by atoms with Crippen molar-refractivity contribution in [2.45, 2.75) is 162 Å². The third-order valence-corrected chi connectivity index (χ3v) is 22.7. The lowest BCUT2D eigenvalue weighted by Crippen LogP contribution is -2.49. The minimum atomic E-state index is -2.01. The third kappa shape index (κ3) is 9.34. The molecule has 3 aliphatic carbocycles. The van der Waals surface area contributed by atoms with Crippen molar-refractivity contribution < 1.29 is 18.3 Å². The number of hydroxylamine groups is 1. The molecule has 0 spiro atoms. The lowest BCUT2D eigenvalue weighted by molar-refractivity contribution is -0.471. The highest BCUT2D eigenvalue weighted by Gasteiger charge is 2.51. The van der Waals surface area contributed by atoms with E-state index in [2.05, 4.69) is 100 Å². The van der Waals surface area contributed by atoms with Crippen molar-refractivity contribution >= 4 is 22.8 Å². The summed E-state index contributed by atoms with van der Waals surface area (Å²) in [6, 6.07) is 7.78. The molecular weight excluding hydrogens is 651 g/mol. The Morgan fingerprint density at radius 2 is 1.60 bits per heavy atom. The number of fused-ring (bicyclic) bond motifs is 1. The van der Waals surface area contributed by atoms with Crippen LogP contribution in [0.3, 0.4) is 0 Å². The molecule has 0 aromatic heterocycles. The highest BCUT2D eigenvalue weighted by Crippen LogP contribution is 2.59. The van der Waals surface area contributed by atoms with Crippen molar-refractivity contribution in [2.24, 2.45) is 23.2 Å². The first-order valence-corrected chi connectivity index (χ1v) is 25.2. The van der Waals surface area contributed by atoms with E-state index in [1.807, 2.05) is 30.5 Å². The molecule has 1 aromatic carbocycles. The number of methoxy groups -OCH3 is 1. The maximum atomic E-state index is 12.9. The molecule has 0 unspecified atom stereocenters. The van der Waals surface area contributed by atoms with Gasteiger partial charge in [-0.3, -0.25) is 0 Å². The van der Waals surface area contributed by atoms with E-state index in [4.69, 9.17) is 13.6 Å². The van der Waals surface area contributed by atoms with Gasteiger partial charge in [0.2, 0.25) is 0 Å². The molecule has 0 radical (unpaired) electrons. The highest BCUT2D eigenvalue weighted by atomic mass is 28.4. The van der Waals surface area contributed by atoms with Crippen LogP contribution in [0.2, 0.25) is 36.3 Å². The van der Waals surface area contributed by atoms with Gasteiger partial charge in [-0.05, 0) is 133 Å². The summed E-state index contributed by atoms with van der Waals surface area (Å²) in [6.07, 6.45) is 15.7. The fraction of sp³-hybridized carbons (Fsp3) is 0.698. The Hall–Kier alpha value is -1.94. The number of nitrogens with zero attached hydrogens (tertiary/aromatic N) is 1. The minimum Gasteiger partial charge on any atom is -0.624 e. The van der Waals surface area contributed by atoms with Crippen molar-refractivity contribution in [3.05, 3.63) is 70.5 Å². The number of ether oxygens (including phenoxy) is 1. The summed E-state index contributed by atoms with van der Waals surface area (Å²) in [7, 11) is -2.30. The third-order valence-electron chi connectivity index (χ3n) is 13.6. The number of allylic oxidation sites excluding steroid dienone is 3. The van der Waals surface area contributed by atoms with Crippen LogP contribution in [0.15, 0.2) is 59.7 Å². The molecule has 5 nitrogen and oxygen atoms in total. The molecule has 0 saturated heterocycles. The Morgan fingerprint density at radius 1 is 0.980 bits per heavy atom. The minimum absolute atomic E-state index is 0.000979. The summed E-state index contributed by atoms with van der Waals surface area (Å²) in [5.74, 6) is 2.49. The summed E-state index contributed by atoms with van der Waals surface area (Å²) in [6.45, 7) is 33.4. The van der Waals surface area contributed by atoms with Gasteiger partial charge >= 0.3 is 0 Å². The van der Waals surface area contributed by atoms with Gasteiger partial charge in [0.15, 0.2) is 29.4 Å². The van der Waals surface area contributed by atoms with Gasteiger partial charge in [0.05, 0.1) is 19.3 Å². The molecule has 4 rings (SSSR count). The van der Waals surface area contributed by atoms with Gasteiger partial charge in [0.1, 0.15) is 5.75 Å². The van der Waals surface area contributed by atoms with E-state index < -0.39 is 16.6 Å². The maximum Gasteiger partial charge on any atom is 0.192 e. The number of rotatable bonds is 11. The van der Waals surface area contributed by atoms with Crippen LogP contribution in [0, 0.1) is 28.4 Å². The second-order valence-electron chi connectivity index (χ2n) is 19.2. The van der Waals surface area contributed by atoms with Crippen molar-refractivity contribution in [3.63, 3.8) is 0 Å². The van der Waals surface area contributed by atoms with Crippen LogP contribution in [0.25, 0.3) is 0 Å². The number of hydrogen-bond acceptors (Lipinski definition) is 4. The zero-order valence-electron chi connectivity index (χ0n) is 34.1. The number of benzene rings is 1. The van der Waals surface area contributed by atoms with Crippen molar-refractivity contribution in [2.75, 3.05) is 7.11 Å². The summed E-state index contributed by atoms with van der Waals surface area (Å²) in [4.78, 5) is 0. The van der Waals surface area contributed by atoms with Crippen LogP contribution in [-0.4, -0.2) is 46.9 Å². The summed E-state index contributed by atoms with van der Waals surface area (Å²) in [5, 5.41) is 13.1. The van der Waals surface area contributed by atoms with Crippen LogP contribution in [0.5, 0.6) is 5.75 Å². The average molecular weight is 722 g/mol. The molecule has 0 heterocycles. The average Bonchev–Trinajstić information content (AvgIpc) is 3.37. The molecule has 6 atom stereocenters. The molecule has 7 heteroatoms. The van der Waals surface area contributed by atoms with Crippen LogP contribution in [0.4, 0.5) is 0 Å². The summed E-state index contributed by atoms with van der Waals surface area (Å²) >= 11 is 0. The van der Waals surface area contributed by atoms with Crippen molar-refractivity contribution in [1.82, 2.24) is 0 Å². The quantitative estimate of drug-likeness (QED) is 0.0750. The Bertz CT molecular complexity index is 1430. The van der Waals surface area contributed by atoms with E-state index in [1.165, 1.54) is 37.7 Å². The second kappa shape index (κ2) is 15.6. The fourth-order valence-corrected chi connectivity index (χ4v) is 11.1. The first-order chi connectivity index (χ1) is 23.1. The Balaban J connectivity index is 1.52. The van der Waals surface area contributed by atoms with Gasteiger partial charge in [-0.2, -0.15) is 0 Å². The fourth-order valence-electron chi connectivity index (χ4n) is 8.40. The molecule has 1 aromatic rings. The monoisotopic (exact) mass is 721 g/mol. The van der Waals surface area contributed by atoms with Crippen LogP contribution >= 0.6 is 0 Å². The molecular formula is C43H71NO4Si2. The van der Waals surface area contributed by atoms with Crippen LogP contribution < -0.4 is 4.74 Å². The van der Waals surface area contributed by atoms with E-state index >= 15 is 0 Å². The first kappa shape index (κ1) is 40.8. The SMILES string of the molecule is C=C1/C(=C\C=C2/CCC[C@]3(C)[C@@H]([C@H](C)C/C=[N+](\[O-])Cc4ccc(OC)cc4)CC[C@@H]23)C[C@@H](O[Si](C)(C)C(C)(C)C)C[C@@H]1O[Si](C)(C)C(C)(C)C. The van der Waals surface area contributed by atoms with E-state index in [9.17, 15) is 5.21 Å². The van der Waals surface area contributed by atoms with E-state index in [-0.39, 0.29) is 27.7 Å². The van der Waals surface area contributed by atoms with Crippen molar-refractivity contribution in [1.29, 1.82) is 0 Å². The summed E-state index contributed by atoms with van der Waals surface area (Å²) < 4.78 is 20.6. The van der Waals surface area contributed by atoms with E-state index in [0.29, 0.717) is 24.3 Å². The Morgan fingerprint density at radius 3 is 2.20 bits per heavy atom. The molecule has 3 fully saturated rings. The highest BCUT2D eigenvalue weighted by molar-refractivity contribution is 6.74. The van der Waals surface area contributed by atoms with Gasteiger partial charge < -0.3 is 18.8 Å². The molecule has 3 saturated carbocycles. The predicted molar refractivity (Wildman–Crippen MR) is 217 cm³/mol. The van der Waals surface area contributed by atoms with Gasteiger partial charge in [-0.15, -0.1) is 0 Å². The topological polar surface area (TPSA) is 53.8 Å². The molecule has 50 heavy (non-hydrogen) atoms. The van der Waals surface area contributed by atoms with Gasteiger partial charge in [-0.1, -0.05) is 79.7 Å². The van der Waals surface area contributed by atoms with E-state index in [1.54, 1.807) is 12.7 Å². The lowest BCUT2D eigenvalue weighted by atomic mass is 9.61.